The number of nitrogens with zero attached hydrogens (tertiary/aromatic N) is 7. The summed E-state index contributed by atoms with van der Waals surface area (Å²) in [5, 5.41) is 17.0. The molecule has 0 N–H and O–H groups in total. The summed E-state index contributed by atoms with van der Waals surface area (Å²) >= 11 is 0. The number of fused-ring (bicyclic) bond motifs is 1. The third kappa shape index (κ3) is 1.97. The Balaban J connectivity index is 1.89. The van der Waals surface area contributed by atoms with Crippen LogP contribution in [0.25, 0.3) is 23.0 Å². The van der Waals surface area contributed by atoms with E-state index < -0.39 is 0 Å². The van der Waals surface area contributed by atoms with Crippen molar-refractivity contribution in [3.63, 3.8) is 0 Å². The average molecular weight is 293 g/mol. The van der Waals surface area contributed by atoms with Crippen molar-refractivity contribution in [1.82, 2.24) is 34.6 Å². The number of rotatable bonds is 3. The van der Waals surface area contributed by atoms with Crippen molar-refractivity contribution in [3.8, 4) is 23.2 Å². The summed E-state index contributed by atoms with van der Waals surface area (Å²) in [5.41, 5.74) is 1.27. The Hall–Kier alpha value is -3.29. The van der Waals surface area contributed by atoms with Crippen LogP contribution in [0.3, 0.4) is 0 Å². The summed E-state index contributed by atoms with van der Waals surface area (Å²) in [6, 6.07) is 11.0. The van der Waals surface area contributed by atoms with Crippen molar-refractivity contribution in [2.24, 2.45) is 0 Å². The van der Waals surface area contributed by atoms with E-state index in [0.29, 0.717) is 28.9 Å². The van der Waals surface area contributed by atoms with E-state index in [1.54, 1.807) is 28.6 Å². The first-order chi connectivity index (χ1) is 10.8. The minimum absolute atomic E-state index is 0.512. The number of hydrogen-bond acceptors (Lipinski definition) is 6. The van der Waals surface area contributed by atoms with Gasteiger partial charge in [0, 0.05) is 18.5 Å². The first kappa shape index (κ1) is 12.5. The fraction of sp³-hybridized carbons (Fsp3) is 0.0714. The molecule has 0 atom stereocenters. The number of hydrogen-bond donors (Lipinski definition) is 0. The lowest BCUT2D eigenvalue weighted by Gasteiger charge is -2.03. The van der Waals surface area contributed by atoms with E-state index in [0.717, 1.165) is 0 Å². The summed E-state index contributed by atoms with van der Waals surface area (Å²) in [6.07, 6.45) is 3.52. The summed E-state index contributed by atoms with van der Waals surface area (Å²) in [7, 11) is 1.57. The highest BCUT2D eigenvalue weighted by molar-refractivity contribution is 5.55. The standard InChI is InChI=1S/C14H11N7O/c1-22-13-5-2-4-10(16-13)14-18-17-11-6-7-12(19-21(11)14)20-9-3-8-15-20/h2-9H,1H3. The maximum atomic E-state index is 5.14. The summed E-state index contributed by atoms with van der Waals surface area (Å²) in [5.74, 6) is 1.72. The molecule has 0 radical (unpaired) electrons. The Morgan fingerprint density at radius 3 is 2.82 bits per heavy atom. The van der Waals surface area contributed by atoms with Crippen LogP contribution in [-0.2, 0) is 0 Å². The highest BCUT2D eigenvalue weighted by atomic mass is 16.5. The fourth-order valence-electron chi connectivity index (χ4n) is 2.12. The molecule has 8 nitrogen and oxygen atoms in total. The molecule has 0 aromatic carbocycles. The van der Waals surface area contributed by atoms with Gasteiger partial charge in [-0.05, 0) is 24.3 Å². The molecule has 0 unspecified atom stereocenters. The fourth-order valence-corrected chi connectivity index (χ4v) is 2.12. The molecular weight excluding hydrogens is 282 g/mol. The predicted octanol–water partition coefficient (Wildman–Crippen LogP) is 1.38. The van der Waals surface area contributed by atoms with Gasteiger partial charge < -0.3 is 4.74 Å². The van der Waals surface area contributed by atoms with Gasteiger partial charge in [-0.25, -0.2) is 9.67 Å². The van der Waals surface area contributed by atoms with Gasteiger partial charge in [-0.2, -0.15) is 9.61 Å². The van der Waals surface area contributed by atoms with Gasteiger partial charge >= 0.3 is 0 Å². The molecule has 4 aromatic heterocycles. The highest BCUT2D eigenvalue weighted by Crippen LogP contribution is 2.18. The molecule has 0 aliphatic heterocycles. The maximum Gasteiger partial charge on any atom is 0.213 e. The largest absolute Gasteiger partial charge is 0.481 e. The minimum atomic E-state index is 0.512. The monoisotopic (exact) mass is 293 g/mol. The summed E-state index contributed by atoms with van der Waals surface area (Å²) in [4.78, 5) is 4.37. The van der Waals surface area contributed by atoms with Crippen LogP contribution in [-0.4, -0.2) is 41.7 Å². The van der Waals surface area contributed by atoms with Crippen LogP contribution >= 0.6 is 0 Å². The zero-order chi connectivity index (χ0) is 14.9. The van der Waals surface area contributed by atoms with Crippen molar-refractivity contribution < 1.29 is 4.74 Å². The molecule has 22 heavy (non-hydrogen) atoms. The van der Waals surface area contributed by atoms with Gasteiger partial charge in [-0.3, -0.25) is 0 Å². The topological polar surface area (TPSA) is 83.0 Å². The molecule has 0 spiro atoms. The van der Waals surface area contributed by atoms with E-state index in [9.17, 15) is 0 Å². The van der Waals surface area contributed by atoms with Gasteiger partial charge in [0.1, 0.15) is 5.69 Å². The number of pyridine rings is 1. The SMILES string of the molecule is COc1cccc(-c2nnc3ccc(-n4cccn4)nn23)n1. The molecule has 0 fully saturated rings. The lowest BCUT2D eigenvalue weighted by atomic mass is 10.3. The Morgan fingerprint density at radius 1 is 1.05 bits per heavy atom. The molecule has 0 aliphatic rings. The molecule has 108 valence electrons. The van der Waals surface area contributed by atoms with E-state index in [4.69, 9.17) is 4.74 Å². The number of aromatic nitrogens is 7. The van der Waals surface area contributed by atoms with Crippen LogP contribution < -0.4 is 4.74 Å². The van der Waals surface area contributed by atoms with Crippen LogP contribution in [0.1, 0.15) is 0 Å². The van der Waals surface area contributed by atoms with Crippen molar-refractivity contribution in [3.05, 3.63) is 48.8 Å². The van der Waals surface area contributed by atoms with Gasteiger partial charge in [0.2, 0.25) is 11.7 Å². The quantitative estimate of drug-likeness (QED) is 0.567. The van der Waals surface area contributed by atoms with Crippen LogP contribution in [0.4, 0.5) is 0 Å². The highest BCUT2D eigenvalue weighted by Gasteiger charge is 2.12. The Labute approximate surface area is 125 Å². The smallest absolute Gasteiger partial charge is 0.213 e. The summed E-state index contributed by atoms with van der Waals surface area (Å²) in [6.45, 7) is 0. The maximum absolute atomic E-state index is 5.14. The minimum Gasteiger partial charge on any atom is -0.481 e. The first-order valence-electron chi connectivity index (χ1n) is 6.59. The normalized spacial score (nSPS) is 11.0. The van der Waals surface area contributed by atoms with Crippen molar-refractivity contribution in [2.45, 2.75) is 0 Å². The zero-order valence-electron chi connectivity index (χ0n) is 11.7. The molecule has 0 saturated carbocycles. The van der Waals surface area contributed by atoms with E-state index in [1.807, 2.05) is 36.5 Å². The third-order valence-corrected chi connectivity index (χ3v) is 3.15. The molecule has 4 heterocycles. The third-order valence-electron chi connectivity index (χ3n) is 3.15. The van der Waals surface area contributed by atoms with Crippen molar-refractivity contribution in [2.75, 3.05) is 7.11 Å². The van der Waals surface area contributed by atoms with E-state index in [1.165, 1.54) is 0 Å². The van der Waals surface area contributed by atoms with Gasteiger partial charge in [0.25, 0.3) is 0 Å². The van der Waals surface area contributed by atoms with Crippen molar-refractivity contribution >= 4 is 5.65 Å². The zero-order valence-corrected chi connectivity index (χ0v) is 11.7. The lowest BCUT2D eigenvalue weighted by molar-refractivity contribution is 0.398. The van der Waals surface area contributed by atoms with Crippen LogP contribution in [0.5, 0.6) is 5.88 Å². The van der Waals surface area contributed by atoms with Crippen LogP contribution in [0, 0.1) is 0 Å². The second-order valence-electron chi connectivity index (χ2n) is 4.50. The van der Waals surface area contributed by atoms with Gasteiger partial charge in [-0.15, -0.1) is 15.3 Å². The Kier molecular flexibility index (Phi) is 2.78. The predicted molar refractivity (Wildman–Crippen MR) is 77.7 cm³/mol. The van der Waals surface area contributed by atoms with Gasteiger partial charge in [-0.1, -0.05) is 6.07 Å². The van der Waals surface area contributed by atoms with E-state index in [2.05, 4.69) is 25.4 Å². The number of methoxy groups -OCH3 is 1. The molecule has 4 aromatic rings. The molecular formula is C14H11N7O. The second kappa shape index (κ2) is 4.92. The van der Waals surface area contributed by atoms with Gasteiger partial charge in [0.05, 0.1) is 7.11 Å². The average Bonchev–Trinajstić information content (AvgIpc) is 3.23. The van der Waals surface area contributed by atoms with Crippen LogP contribution in [0.15, 0.2) is 48.8 Å². The van der Waals surface area contributed by atoms with Gasteiger partial charge in [0.15, 0.2) is 11.5 Å². The van der Waals surface area contributed by atoms with E-state index >= 15 is 0 Å². The van der Waals surface area contributed by atoms with Crippen molar-refractivity contribution in [1.29, 1.82) is 0 Å². The summed E-state index contributed by atoms with van der Waals surface area (Å²) < 4.78 is 8.45. The van der Waals surface area contributed by atoms with E-state index in [-0.39, 0.29) is 0 Å². The molecule has 0 bridgehead atoms. The molecule has 4 rings (SSSR count). The van der Waals surface area contributed by atoms with Crippen LogP contribution in [0.2, 0.25) is 0 Å². The number of ether oxygens (including phenoxy) is 1. The Bertz CT molecular complexity index is 929. The second-order valence-corrected chi connectivity index (χ2v) is 4.50. The Morgan fingerprint density at radius 2 is 2.00 bits per heavy atom. The molecule has 8 heteroatoms. The molecule has 0 amide bonds. The molecule has 0 aliphatic carbocycles. The molecule has 0 saturated heterocycles. The first-order valence-corrected chi connectivity index (χ1v) is 6.59. The lowest BCUT2D eigenvalue weighted by Crippen LogP contribution is -2.04.